The van der Waals surface area contributed by atoms with Crippen molar-refractivity contribution in [2.75, 3.05) is 19.6 Å². The van der Waals surface area contributed by atoms with E-state index >= 15 is 0 Å². The van der Waals surface area contributed by atoms with Crippen LogP contribution < -0.4 is 5.56 Å². The monoisotopic (exact) mass is 388 g/mol. The summed E-state index contributed by atoms with van der Waals surface area (Å²) in [7, 11) is 0. The van der Waals surface area contributed by atoms with Crippen LogP contribution in [-0.4, -0.2) is 57.1 Å². The number of likely N-dealkylation sites (tertiary alicyclic amines) is 2. The maximum atomic E-state index is 12.8. The van der Waals surface area contributed by atoms with Crippen LogP contribution in [0.15, 0.2) is 10.9 Å². The van der Waals surface area contributed by atoms with Gasteiger partial charge in [0.1, 0.15) is 6.54 Å². The number of nitrogens with zero attached hydrogens (tertiary/aromatic N) is 4. The van der Waals surface area contributed by atoms with Gasteiger partial charge in [0.15, 0.2) is 0 Å². The first-order valence-corrected chi connectivity index (χ1v) is 10.4. The van der Waals surface area contributed by atoms with Gasteiger partial charge in [0.05, 0.1) is 5.69 Å². The number of carbonyl (C=O) groups excluding carboxylic acids is 2. The third-order valence-corrected chi connectivity index (χ3v) is 6.16. The average molecular weight is 389 g/mol. The number of hydrogen-bond donors (Lipinski definition) is 0. The van der Waals surface area contributed by atoms with Gasteiger partial charge < -0.3 is 9.80 Å². The molecule has 1 aromatic heterocycles. The number of rotatable bonds is 5. The van der Waals surface area contributed by atoms with Gasteiger partial charge >= 0.3 is 0 Å². The molecule has 7 nitrogen and oxygen atoms in total. The maximum Gasteiger partial charge on any atom is 0.267 e. The summed E-state index contributed by atoms with van der Waals surface area (Å²) in [4.78, 5) is 41.3. The first kappa shape index (κ1) is 20.6. The minimum absolute atomic E-state index is 0.0205. The van der Waals surface area contributed by atoms with E-state index in [1.165, 1.54) is 10.7 Å². The molecule has 154 valence electrons. The van der Waals surface area contributed by atoms with Crippen molar-refractivity contribution in [3.8, 4) is 0 Å². The predicted octanol–water partition coefficient (Wildman–Crippen LogP) is 1.75. The van der Waals surface area contributed by atoms with Crippen molar-refractivity contribution in [3.05, 3.63) is 27.7 Å². The molecule has 0 aromatic carbocycles. The molecule has 0 radical (unpaired) electrons. The zero-order chi connectivity index (χ0) is 20.4. The zero-order valence-corrected chi connectivity index (χ0v) is 17.5. The molecule has 1 aromatic rings. The molecule has 3 rings (SSSR count). The number of carbonyl (C=O) groups is 2. The van der Waals surface area contributed by atoms with Gasteiger partial charge in [0.2, 0.25) is 11.8 Å². The van der Waals surface area contributed by atoms with E-state index in [0.717, 1.165) is 37.1 Å². The molecule has 0 bridgehead atoms. The highest BCUT2D eigenvalue weighted by Gasteiger charge is 2.40. The van der Waals surface area contributed by atoms with Crippen LogP contribution in [0.3, 0.4) is 0 Å². The van der Waals surface area contributed by atoms with Crippen LogP contribution in [0.4, 0.5) is 0 Å². The van der Waals surface area contributed by atoms with Crippen molar-refractivity contribution in [1.29, 1.82) is 0 Å². The molecule has 2 fully saturated rings. The van der Waals surface area contributed by atoms with E-state index in [2.05, 4.69) is 23.8 Å². The number of aryl methyl sites for hydroxylation is 2. The Hall–Kier alpha value is -2.18. The van der Waals surface area contributed by atoms with Gasteiger partial charge in [-0.1, -0.05) is 13.8 Å². The van der Waals surface area contributed by atoms with Gasteiger partial charge in [0.25, 0.3) is 5.56 Å². The largest absolute Gasteiger partial charge is 0.341 e. The third-order valence-electron chi connectivity index (χ3n) is 6.16. The zero-order valence-electron chi connectivity index (χ0n) is 17.5. The summed E-state index contributed by atoms with van der Waals surface area (Å²) in [6.45, 7) is 10.1. The van der Waals surface area contributed by atoms with E-state index in [9.17, 15) is 14.4 Å². The molecule has 2 aliphatic rings. The molecule has 3 heterocycles. The van der Waals surface area contributed by atoms with Gasteiger partial charge in [0, 0.05) is 38.2 Å². The lowest BCUT2D eigenvalue weighted by atomic mass is 9.83. The Morgan fingerprint density at radius 2 is 2.00 bits per heavy atom. The van der Waals surface area contributed by atoms with Crippen LogP contribution in [0.5, 0.6) is 0 Å². The number of piperidine rings is 2. The van der Waals surface area contributed by atoms with Crippen LogP contribution in [0.1, 0.15) is 50.8 Å². The average Bonchev–Trinajstić information content (AvgIpc) is 2.64. The molecule has 0 spiro atoms. The summed E-state index contributed by atoms with van der Waals surface area (Å²) >= 11 is 0. The summed E-state index contributed by atoms with van der Waals surface area (Å²) in [5, 5.41) is 4.26. The standard InChI is InChI=1S/C21H32N4O3/c1-14(2)7-10-24-18-8-9-23(12-17(18)5-6-19(24)26)21(28)13-25-20(27)11-15(3)16(4)22-25/h11,14,17-18H,5-10,12-13H2,1-4H3/t17-,18+/m0/s1. The van der Waals surface area contributed by atoms with Crippen molar-refractivity contribution < 1.29 is 9.59 Å². The van der Waals surface area contributed by atoms with Gasteiger partial charge in [-0.05, 0) is 50.5 Å². The van der Waals surface area contributed by atoms with Crippen LogP contribution in [0.2, 0.25) is 0 Å². The van der Waals surface area contributed by atoms with Gasteiger partial charge in [-0.15, -0.1) is 0 Å². The smallest absolute Gasteiger partial charge is 0.267 e. The van der Waals surface area contributed by atoms with E-state index in [-0.39, 0.29) is 30.0 Å². The van der Waals surface area contributed by atoms with Crippen LogP contribution in [-0.2, 0) is 16.1 Å². The summed E-state index contributed by atoms with van der Waals surface area (Å²) in [6, 6.07) is 1.77. The Morgan fingerprint density at radius 1 is 1.25 bits per heavy atom. The Balaban J connectivity index is 1.64. The van der Waals surface area contributed by atoms with Crippen LogP contribution in [0, 0.1) is 25.7 Å². The van der Waals surface area contributed by atoms with E-state index in [1.54, 1.807) is 0 Å². The lowest BCUT2D eigenvalue weighted by molar-refractivity contribution is -0.144. The molecule has 7 heteroatoms. The highest BCUT2D eigenvalue weighted by Crippen LogP contribution is 2.31. The molecule has 2 aliphatic heterocycles. The molecule has 0 unspecified atom stereocenters. The van der Waals surface area contributed by atoms with Crippen molar-refractivity contribution in [3.63, 3.8) is 0 Å². The number of amides is 2. The molecule has 0 aliphatic carbocycles. The predicted molar refractivity (Wildman–Crippen MR) is 107 cm³/mol. The summed E-state index contributed by atoms with van der Waals surface area (Å²) < 4.78 is 1.26. The molecular weight excluding hydrogens is 356 g/mol. The van der Waals surface area contributed by atoms with E-state index < -0.39 is 0 Å². The van der Waals surface area contributed by atoms with Gasteiger partial charge in [-0.3, -0.25) is 14.4 Å². The van der Waals surface area contributed by atoms with Crippen LogP contribution >= 0.6 is 0 Å². The SMILES string of the molecule is Cc1cc(=O)n(CC(=O)N2CC[C@@H]3[C@@H](CCC(=O)N3CCC(C)C)C2)nc1C. The summed E-state index contributed by atoms with van der Waals surface area (Å²) in [6.07, 6.45) is 3.24. The lowest BCUT2D eigenvalue weighted by Crippen LogP contribution is -2.57. The molecule has 2 saturated heterocycles. The number of fused-ring (bicyclic) bond motifs is 1. The van der Waals surface area contributed by atoms with Crippen molar-refractivity contribution in [2.45, 2.75) is 66.0 Å². The highest BCUT2D eigenvalue weighted by atomic mass is 16.2. The second-order valence-electron chi connectivity index (χ2n) is 8.67. The normalized spacial score (nSPS) is 22.5. The fraction of sp³-hybridized carbons (Fsp3) is 0.714. The molecular formula is C21H32N4O3. The lowest BCUT2D eigenvalue weighted by Gasteiger charge is -2.47. The second-order valence-corrected chi connectivity index (χ2v) is 8.67. The van der Waals surface area contributed by atoms with Crippen LogP contribution in [0.25, 0.3) is 0 Å². The van der Waals surface area contributed by atoms with E-state index in [0.29, 0.717) is 31.3 Å². The molecule has 2 atom stereocenters. The molecule has 28 heavy (non-hydrogen) atoms. The summed E-state index contributed by atoms with van der Waals surface area (Å²) in [5.41, 5.74) is 1.36. The van der Waals surface area contributed by atoms with E-state index in [4.69, 9.17) is 0 Å². The van der Waals surface area contributed by atoms with E-state index in [1.807, 2.05) is 18.7 Å². The Kier molecular flexibility index (Phi) is 6.20. The minimum atomic E-state index is -0.241. The fourth-order valence-corrected chi connectivity index (χ4v) is 4.28. The van der Waals surface area contributed by atoms with Crippen molar-refractivity contribution in [1.82, 2.24) is 19.6 Å². The Labute approximate surface area is 166 Å². The van der Waals surface area contributed by atoms with Crippen molar-refractivity contribution in [2.24, 2.45) is 11.8 Å². The Bertz CT molecular complexity index is 801. The first-order chi connectivity index (χ1) is 13.3. The van der Waals surface area contributed by atoms with Gasteiger partial charge in [-0.2, -0.15) is 5.10 Å². The summed E-state index contributed by atoms with van der Waals surface area (Å²) in [5.74, 6) is 1.08. The highest BCUT2D eigenvalue weighted by molar-refractivity contribution is 5.78. The number of aromatic nitrogens is 2. The number of hydrogen-bond acceptors (Lipinski definition) is 4. The minimum Gasteiger partial charge on any atom is -0.341 e. The fourth-order valence-electron chi connectivity index (χ4n) is 4.28. The molecule has 0 saturated carbocycles. The Morgan fingerprint density at radius 3 is 2.71 bits per heavy atom. The van der Waals surface area contributed by atoms with Gasteiger partial charge in [-0.25, -0.2) is 4.68 Å². The quantitative estimate of drug-likeness (QED) is 0.770. The topological polar surface area (TPSA) is 75.5 Å². The first-order valence-electron chi connectivity index (χ1n) is 10.4. The molecule has 0 N–H and O–H groups in total. The molecule has 2 amide bonds. The van der Waals surface area contributed by atoms with Crippen molar-refractivity contribution >= 4 is 11.8 Å². The third kappa shape index (κ3) is 4.45. The second kappa shape index (κ2) is 8.45. The maximum absolute atomic E-state index is 12.8.